The van der Waals surface area contributed by atoms with E-state index in [0.29, 0.717) is 6.04 Å². The van der Waals surface area contributed by atoms with Crippen molar-refractivity contribution in [2.45, 2.75) is 32.2 Å². The number of rotatable bonds is 2. The summed E-state index contributed by atoms with van der Waals surface area (Å²) in [6, 6.07) is 0.521. The van der Waals surface area contributed by atoms with Gasteiger partial charge in [0.2, 0.25) is 5.91 Å². The second-order valence-corrected chi connectivity index (χ2v) is 3.55. The van der Waals surface area contributed by atoms with Crippen LogP contribution in [0.15, 0.2) is 0 Å². The molecule has 3 nitrogen and oxygen atoms in total. The van der Waals surface area contributed by atoms with Gasteiger partial charge in [-0.15, -0.1) is 0 Å². The van der Waals surface area contributed by atoms with Crippen LogP contribution in [0, 0.1) is 0 Å². The van der Waals surface area contributed by atoms with Crippen LogP contribution in [0.2, 0.25) is 0 Å². The van der Waals surface area contributed by atoms with Crippen LogP contribution >= 0.6 is 0 Å². The molecule has 0 bridgehead atoms. The lowest BCUT2D eigenvalue weighted by atomic mass is 10.0. The predicted octanol–water partition coefficient (Wildman–Crippen LogP) is 0.607. The van der Waals surface area contributed by atoms with Gasteiger partial charge >= 0.3 is 0 Å². The number of hydrogen-bond donors (Lipinski definition) is 1. The van der Waals surface area contributed by atoms with Gasteiger partial charge in [0.05, 0.1) is 0 Å². The van der Waals surface area contributed by atoms with Crippen molar-refractivity contribution < 1.29 is 4.79 Å². The number of nitrogens with one attached hydrogen (secondary N) is 1. The quantitative estimate of drug-likeness (QED) is 0.658. The first-order chi connectivity index (χ1) is 5.70. The third kappa shape index (κ3) is 2.81. The van der Waals surface area contributed by atoms with Crippen molar-refractivity contribution in [2.75, 3.05) is 20.1 Å². The molecule has 0 spiro atoms. The lowest BCUT2D eigenvalue weighted by Gasteiger charge is -2.27. The van der Waals surface area contributed by atoms with Crippen LogP contribution in [0.3, 0.4) is 0 Å². The molecule has 0 radical (unpaired) electrons. The molecule has 1 atom stereocenters. The van der Waals surface area contributed by atoms with Gasteiger partial charge in [0, 0.05) is 26.6 Å². The third-order valence-corrected chi connectivity index (χ3v) is 2.44. The molecule has 1 heterocycles. The topological polar surface area (TPSA) is 32.3 Å². The van der Waals surface area contributed by atoms with Crippen LogP contribution in [0.5, 0.6) is 0 Å². The van der Waals surface area contributed by atoms with Gasteiger partial charge in [-0.3, -0.25) is 4.79 Å². The molecule has 1 fully saturated rings. The van der Waals surface area contributed by atoms with E-state index in [0.717, 1.165) is 13.1 Å². The van der Waals surface area contributed by atoms with E-state index in [1.54, 1.807) is 11.8 Å². The molecule has 1 rings (SSSR count). The zero-order chi connectivity index (χ0) is 8.97. The van der Waals surface area contributed by atoms with E-state index >= 15 is 0 Å². The summed E-state index contributed by atoms with van der Waals surface area (Å²) < 4.78 is 0. The number of amides is 1. The van der Waals surface area contributed by atoms with Crippen molar-refractivity contribution in [2.24, 2.45) is 0 Å². The maximum atomic E-state index is 10.9. The summed E-state index contributed by atoms with van der Waals surface area (Å²) in [7, 11) is 1.86. The minimum absolute atomic E-state index is 0.155. The average molecular weight is 170 g/mol. The summed E-state index contributed by atoms with van der Waals surface area (Å²) in [6.07, 6.45) is 3.78. The highest BCUT2D eigenvalue weighted by molar-refractivity contribution is 5.72. The molecule has 1 aliphatic rings. The average Bonchev–Trinajstić information content (AvgIpc) is 2.06. The summed E-state index contributed by atoms with van der Waals surface area (Å²) in [5.74, 6) is 0.155. The van der Waals surface area contributed by atoms with E-state index in [1.807, 2.05) is 7.05 Å². The monoisotopic (exact) mass is 170 g/mol. The van der Waals surface area contributed by atoms with Gasteiger partial charge in [-0.2, -0.15) is 0 Å². The highest BCUT2D eigenvalue weighted by atomic mass is 16.2. The molecule has 1 saturated heterocycles. The molecule has 1 amide bonds. The number of carbonyl (C=O) groups excluding carboxylic acids is 1. The minimum Gasteiger partial charge on any atom is -0.344 e. The summed E-state index contributed by atoms with van der Waals surface area (Å²) in [6.45, 7) is 3.58. The van der Waals surface area contributed by atoms with Crippen LogP contribution < -0.4 is 5.32 Å². The number of nitrogens with zero attached hydrogens (tertiary/aromatic N) is 1. The Bertz CT molecular complexity index is 153. The van der Waals surface area contributed by atoms with E-state index in [4.69, 9.17) is 0 Å². The second kappa shape index (κ2) is 4.45. The Balaban J connectivity index is 2.24. The molecule has 1 N–H and O–H groups in total. The van der Waals surface area contributed by atoms with Gasteiger partial charge in [0.1, 0.15) is 0 Å². The van der Waals surface area contributed by atoms with E-state index in [9.17, 15) is 4.79 Å². The number of likely N-dealkylation sites (N-methyl/N-ethyl adjacent to an activating group) is 1. The Morgan fingerprint density at radius 1 is 1.58 bits per heavy atom. The zero-order valence-electron chi connectivity index (χ0n) is 7.97. The molecule has 0 aromatic carbocycles. The highest BCUT2D eigenvalue weighted by Gasteiger charge is 2.15. The fourth-order valence-electron chi connectivity index (χ4n) is 1.54. The molecule has 1 unspecified atom stereocenters. The van der Waals surface area contributed by atoms with Crippen LogP contribution in [-0.2, 0) is 4.79 Å². The molecular weight excluding hydrogens is 152 g/mol. The fraction of sp³-hybridized carbons (Fsp3) is 0.889. The molecule has 0 saturated carbocycles. The number of carbonyl (C=O) groups is 1. The van der Waals surface area contributed by atoms with Gasteiger partial charge in [0.15, 0.2) is 0 Å². The van der Waals surface area contributed by atoms with Crippen LogP contribution in [0.25, 0.3) is 0 Å². The molecule has 70 valence electrons. The summed E-state index contributed by atoms with van der Waals surface area (Å²) in [5.41, 5.74) is 0. The smallest absolute Gasteiger partial charge is 0.219 e. The van der Waals surface area contributed by atoms with Crippen LogP contribution in [0.1, 0.15) is 26.2 Å². The van der Waals surface area contributed by atoms with Crippen molar-refractivity contribution in [3.8, 4) is 0 Å². The second-order valence-electron chi connectivity index (χ2n) is 3.55. The van der Waals surface area contributed by atoms with Gasteiger partial charge in [-0.1, -0.05) is 6.42 Å². The Hall–Kier alpha value is -0.570. The maximum Gasteiger partial charge on any atom is 0.219 e. The highest BCUT2D eigenvalue weighted by Crippen LogP contribution is 2.07. The molecule has 0 aromatic heterocycles. The standard InChI is InChI=1S/C9H18N2O/c1-8(12)11(2)7-9-5-3-4-6-10-9/h9-10H,3-7H2,1-2H3. The Labute approximate surface area is 74.1 Å². The molecule has 12 heavy (non-hydrogen) atoms. The first-order valence-corrected chi connectivity index (χ1v) is 4.65. The fourth-order valence-corrected chi connectivity index (χ4v) is 1.54. The zero-order valence-corrected chi connectivity index (χ0v) is 7.97. The minimum atomic E-state index is 0.155. The van der Waals surface area contributed by atoms with E-state index in [2.05, 4.69) is 5.32 Å². The molecule has 3 heteroatoms. The first-order valence-electron chi connectivity index (χ1n) is 4.65. The molecular formula is C9H18N2O. The van der Waals surface area contributed by atoms with E-state index in [-0.39, 0.29) is 5.91 Å². The Morgan fingerprint density at radius 2 is 2.33 bits per heavy atom. The Kier molecular flexibility index (Phi) is 3.53. The SMILES string of the molecule is CC(=O)N(C)CC1CCCCN1. The van der Waals surface area contributed by atoms with Gasteiger partial charge < -0.3 is 10.2 Å². The summed E-state index contributed by atoms with van der Waals surface area (Å²) in [4.78, 5) is 12.7. The van der Waals surface area contributed by atoms with Crippen molar-refractivity contribution in [3.63, 3.8) is 0 Å². The molecule has 0 aliphatic carbocycles. The Morgan fingerprint density at radius 3 is 2.83 bits per heavy atom. The van der Waals surface area contributed by atoms with Crippen molar-refractivity contribution in [1.82, 2.24) is 10.2 Å². The third-order valence-electron chi connectivity index (χ3n) is 2.44. The molecule has 1 aliphatic heterocycles. The number of hydrogen-bond acceptors (Lipinski definition) is 2. The lowest BCUT2D eigenvalue weighted by molar-refractivity contribution is -0.127. The van der Waals surface area contributed by atoms with Crippen LogP contribution in [-0.4, -0.2) is 37.0 Å². The van der Waals surface area contributed by atoms with Crippen molar-refractivity contribution in [1.29, 1.82) is 0 Å². The van der Waals surface area contributed by atoms with Crippen molar-refractivity contribution in [3.05, 3.63) is 0 Å². The maximum absolute atomic E-state index is 10.9. The van der Waals surface area contributed by atoms with E-state index < -0.39 is 0 Å². The predicted molar refractivity (Wildman–Crippen MR) is 49.0 cm³/mol. The summed E-state index contributed by atoms with van der Waals surface area (Å²) >= 11 is 0. The molecule has 0 aromatic rings. The van der Waals surface area contributed by atoms with Crippen molar-refractivity contribution >= 4 is 5.91 Å². The number of piperidine rings is 1. The largest absolute Gasteiger partial charge is 0.344 e. The lowest BCUT2D eigenvalue weighted by Crippen LogP contribution is -2.43. The van der Waals surface area contributed by atoms with Gasteiger partial charge in [-0.05, 0) is 19.4 Å². The summed E-state index contributed by atoms with van der Waals surface area (Å²) in [5, 5.41) is 3.41. The normalized spacial score (nSPS) is 23.7. The van der Waals surface area contributed by atoms with E-state index in [1.165, 1.54) is 19.3 Å². The van der Waals surface area contributed by atoms with Gasteiger partial charge in [-0.25, -0.2) is 0 Å². The van der Waals surface area contributed by atoms with Gasteiger partial charge in [0.25, 0.3) is 0 Å². The first kappa shape index (κ1) is 9.52. The van der Waals surface area contributed by atoms with Crippen LogP contribution in [0.4, 0.5) is 0 Å².